The van der Waals surface area contributed by atoms with E-state index in [0.717, 1.165) is 27.5 Å². The van der Waals surface area contributed by atoms with Gasteiger partial charge in [-0.15, -0.1) is 10.2 Å². The summed E-state index contributed by atoms with van der Waals surface area (Å²) in [5, 5.41) is 33.4. The number of aryl methyl sites for hydroxylation is 1. The highest BCUT2D eigenvalue weighted by Gasteiger charge is 2.48. The molecule has 1 aliphatic rings. The fourth-order valence-corrected chi connectivity index (χ4v) is 8.33. The number of methoxy groups -OCH3 is 1. The Morgan fingerprint density at radius 3 is 2.51 bits per heavy atom. The maximum Gasteiger partial charge on any atom is 0.301 e. The average Bonchev–Trinajstić information content (AvgIpc) is 3.72. The zero-order valence-electron chi connectivity index (χ0n) is 27.4. The van der Waals surface area contributed by atoms with Crippen molar-refractivity contribution in [2.24, 2.45) is 0 Å². The maximum absolute atomic E-state index is 13.8. The van der Waals surface area contributed by atoms with Crippen molar-refractivity contribution in [3.63, 3.8) is 0 Å². The standard InChI is InChI=1S/C39H30BrN3O6S2/c1-22-7-5-8-23(17-22)20-49-28-15-13-25(14-16-28)34(44)32-33(27-18-30(40)35(45)31(19-27)48-2)43(37(47)36(32)46)38-41-42-39(51-38)50-21-26-11-6-10-24-9-3-4-12-29(24)26/h3-19,33,44-45H,20-21H2,1-2H3. The van der Waals surface area contributed by atoms with E-state index in [1.165, 1.54) is 41.2 Å². The number of phenols is 1. The number of halogens is 1. The number of fused-ring (bicyclic) bond motifs is 1. The fourth-order valence-electron chi connectivity index (χ4n) is 6.00. The lowest BCUT2D eigenvalue weighted by Crippen LogP contribution is -2.29. The van der Waals surface area contributed by atoms with E-state index in [1.807, 2.05) is 49.4 Å². The molecule has 1 amide bonds. The first-order valence-electron chi connectivity index (χ1n) is 15.8. The van der Waals surface area contributed by atoms with E-state index in [0.29, 0.717) is 33.6 Å². The Labute approximate surface area is 310 Å². The highest BCUT2D eigenvalue weighted by molar-refractivity contribution is 9.10. The Morgan fingerprint density at radius 2 is 1.73 bits per heavy atom. The second-order valence-corrected chi connectivity index (χ2v) is 14.8. The number of phenolic OH excluding ortho intramolecular Hbond substituents is 1. The molecule has 2 heterocycles. The van der Waals surface area contributed by atoms with Crippen molar-refractivity contribution in [2.75, 3.05) is 12.0 Å². The first-order valence-corrected chi connectivity index (χ1v) is 18.4. The van der Waals surface area contributed by atoms with E-state index in [-0.39, 0.29) is 32.4 Å². The Balaban J connectivity index is 1.22. The quantitative estimate of drug-likeness (QED) is 0.0461. The van der Waals surface area contributed by atoms with Crippen LogP contribution >= 0.6 is 39.0 Å². The monoisotopic (exact) mass is 779 g/mol. The SMILES string of the molecule is COc1cc(C2C(=C(O)c3ccc(OCc4cccc(C)c4)cc3)C(=O)C(=O)N2c2nnc(SCc3cccc4ccccc34)s2)cc(Br)c1O. The van der Waals surface area contributed by atoms with Crippen LogP contribution in [0.1, 0.15) is 33.9 Å². The average molecular weight is 781 g/mol. The number of carbonyl (C=O) groups is 2. The Kier molecular flexibility index (Phi) is 9.81. The van der Waals surface area contributed by atoms with Gasteiger partial charge in [0, 0.05) is 11.3 Å². The highest BCUT2D eigenvalue weighted by atomic mass is 79.9. The Morgan fingerprint density at radius 1 is 0.961 bits per heavy atom. The molecule has 6 aromatic rings. The van der Waals surface area contributed by atoms with Crippen LogP contribution in [0.3, 0.4) is 0 Å². The van der Waals surface area contributed by atoms with Crippen LogP contribution in [0.25, 0.3) is 16.5 Å². The van der Waals surface area contributed by atoms with Crippen LogP contribution in [0, 0.1) is 6.92 Å². The number of hydrogen-bond acceptors (Lipinski definition) is 10. The number of hydrogen-bond donors (Lipinski definition) is 2. The predicted octanol–water partition coefficient (Wildman–Crippen LogP) is 8.97. The number of Topliss-reactive ketones (excluding diaryl/α,β-unsaturated/α-hetero) is 1. The number of aromatic hydroxyl groups is 1. The van der Waals surface area contributed by atoms with Gasteiger partial charge in [0.25, 0.3) is 5.78 Å². The minimum absolute atomic E-state index is 0.115. The van der Waals surface area contributed by atoms with Crippen LogP contribution in [0.5, 0.6) is 17.2 Å². The first-order chi connectivity index (χ1) is 24.7. The molecule has 1 aromatic heterocycles. The summed E-state index contributed by atoms with van der Waals surface area (Å²) in [6.45, 7) is 2.38. The van der Waals surface area contributed by atoms with Crippen molar-refractivity contribution in [3.05, 3.63) is 141 Å². The van der Waals surface area contributed by atoms with Crippen molar-refractivity contribution < 1.29 is 29.3 Å². The molecule has 0 bridgehead atoms. The van der Waals surface area contributed by atoms with Crippen LogP contribution < -0.4 is 14.4 Å². The molecule has 1 fully saturated rings. The molecule has 9 nitrogen and oxygen atoms in total. The topological polar surface area (TPSA) is 122 Å². The Hall–Kier alpha value is -5.17. The highest BCUT2D eigenvalue weighted by Crippen LogP contribution is 2.47. The number of ether oxygens (including phenoxy) is 2. The number of nitrogens with zero attached hydrogens (tertiary/aromatic N) is 3. The molecule has 5 aromatic carbocycles. The molecule has 1 aliphatic heterocycles. The van der Waals surface area contributed by atoms with E-state index >= 15 is 0 Å². The summed E-state index contributed by atoms with van der Waals surface area (Å²) in [5.74, 6) is -0.981. The Bertz CT molecular complexity index is 2320. The number of aliphatic hydroxyl groups excluding tert-OH is 1. The molecule has 0 spiro atoms. The van der Waals surface area contributed by atoms with Crippen molar-refractivity contribution >= 4 is 72.4 Å². The lowest BCUT2D eigenvalue weighted by molar-refractivity contribution is -0.132. The smallest absolute Gasteiger partial charge is 0.301 e. The molecule has 256 valence electrons. The van der Waals surface area contributed by atoms with Gasteiger partial charge in [-0.2, -0.15) is 0 Å². The molecule has 1 unspecified atom stereocenters. The summed E-state index contributed by atoms with van der Waals surface area (Å²) in [6, 6.07) is 30.9. The molecule has 0 aliphatic carbocycles. The van der Waals surface area contributed by atoms with Crippen LogP contribution in [0.15, 0.2) is 118 Å². The summed E-state index contributed by atoms with van der Waals surface area (Å²) in [7, 11) is 1.40. The van der Waals surface area contributed by atoms with E-state index in [4.69, 9.17) is 9.47 Å². The van der Waals surface area contributed by atoms with Gasteiger partial charge in [0.2, 0.25) is 5.13 Å². The lowest BCUT2D eigenvalue weighted by atomic mass is 9.95. The van der Waals surface area contributed by atoms with Gasteiger partial charge in [-0.05, 0) is 86.7 Å². The van der Waals surface area contributed by atoms with Gasteiger partial charge in [0.05, 0.1) is 23.2 Å². The van der Waals surface area contributed by atoms with Crippen molar-refractivity contribution in [1.82, 2.24) is 10.2 Å². The summed E-state index contributed by atoms with van der Waals surface area (Å²) < 4.78 is 12.2. The molecule has 1 atom stereocenters. The van der Waals surface area contributed by atoms with Gasteiger partial charge >= 0.3 is 5.91 Å². The number of carbonyl (C=O) groups excluding carboxylic acids is 2. The van der Waals surface area contributed by atoms with Crippen LogP contribution in [0.2, 0.25) is 0 Å². The van der Waals surface area contributed by atoms with Crippen molar-refractivity contribution in [3.8, 4) is 17.2 Å². The summed E-state index contributed by atoms with van der Waals surface area (Å²) in [5.41, 5.74) is 3.84. The zero-order chi connectivity index (χ0) is 35.6. The molecule has 12 heteroatoms. The van der Waals surface area contributed by atoms with Crippen LogP contribution in [-0.4, -0.2) is 39.2 Å². The van der Waals surface area contributed by atoms with Gasteiger partial charge in [0.1, 0.15) is 18.1 Å². The second-order valence-electron chi connectivity index (χ2n) is 11.8. The molecule has 7 rings (SSSR count). The third-order valence-electron chi connectivity index (χ3n) is 8.48. The minimum Gasteiger partial charge on any atom is -0.507 e. The number of anilines is 1. The van der Waals surface area contributed by atoms with Gasteiger partial charge in [-0.25, -0.2) is 0 Å². The van der Waals surface area contributed by atoms with Crippen molar-refractivity contribution in [2.45, 2.75) is 29.7 Å². The number of ketones is 1. The maximum atomic E-state index is 13.8. The molecule has 2 N–H and O–H groups in total. The minimum atomic E-state index is -1.11. The largest absolute Gasteiger partial charge is 0.507 e. The second kappa shape index (κ2) is 14.6. The normalized spacial score (nSPS) is 15.4. The van der Waals surface area contributed by atoms with Crippen LogP contribution in [0.4, 0.5) is 5.13 Å². The third kappa shape index (κ3) is 6.94. The molecular formula is C39H30BrN3O6S2. The van der Waals surface area contributed by atoms with E-state index in [2.05, 4.69) is 50.4 Å². The van der Waals surface area contributed by atoms with E-state index in [1.54, 1.807) is 30.3 Å². The first kappa shape index (κ1) is 34.3. The molecule has 0 saturated carbocycles. The molecular weight excluding hydrogens is 750 g/mol. The summed E-state index contributed by atoms with van der Waals surface area (Å²) >= 11 is 6.01. The number of rotatable bonds is 10. The molecule has 1 saturated heterocycles. The lowest BCUT2D eigenvalue weighted by Gasteiger charge is -2.23. The predicted molar refractivity (Wildman–Crippen MR) is 203 cm³/mol. The number of aliphatic hydroxyl groups is 1. The van der Waals surface area contributed by atoms with Gasteiger partial charge in [0.15, 0.2) is 15.8 Å². The number of thioether (sulfide) groups is 1. The molecule has 51 heavy (non-hydrogen) atoms. The number of benzene rings is 5. The van der Waals surface area contributed by atoms with Gasteiger partial charge in [-0.3, -0.25) is 14.5 Å². The third-order valence-corrected chi connectivity index (χ3v) is 11.2. The van der Waals surface area contributed by atoms with Gasteiger partial charge < -0.3 is 19.7 Å². The summed E-state index contributed by atoms with van der Waals surface area (Å²) in [6.07, 6.45) is 0. The number of aromatic nitrogens is 2. The van der Waals surface area contributed by atoms with Crippen LogP contribution in [-0.2, 0) is 21.9 Å². The van der Waals surface area contributed by atoms with Crippen molar-refractivity contribution in [1.29, 1.82) is 0 Å². The fraction of sp³-hybridized carbons (Fsp3) is 0.128. The van der Waals surface area contributed by atoms with Gasteiger partial charge in [-0.1, -0.05) is 95.4 Å². The zero-order valence-corrected chi connectivity index (χ0v) is 30.6. The number of amides is 1. The molecule has 0 radical (unpaired) electrons. The van der Waals surface area contributed by atoms with E-state index < -0.39 is 17.7 Å². The summed E-state index contributed by atoms with van der Waals surface area (Å²) in [4.78, 5) is 28.9. The van der Waals surface area contributed by atoms with E-state index in [9.17, 15) is 19.8 Å².